The molecule has 0 atom stereocenters. The molecule has 1 saturated heterocycles. The number of carbonyl (C=O) groups is 1. The first-order valence-corrected chi connectivity index (χ1v) is 8.18. The maximum absolute atomic E-state index is 12.9. The number of likely N-dealkylation sites (tertiary alicyclic amines) is 1. The summed E-state index contributed by atoms with van der Waals surface area (Å²) in [5.74, 6) is -0.848. The van der Waals surface area contributed by atoms with Gasteiger partial charge in [0.2, 0.25) is 0 Å². The number of nitrogens with zero attached hydrogens (tertiary/aromatic N) is 1. The van der Waals surface area contributed by atoms with E-state index in [4.69, 9.17) is 11.6 Å². The first kappa shape index (κ1) is 16.1. The van der Waals surface area contributed by atoms with E-state index in [2.05, 4.69) is 0 Å². The molecule has 4 nitrogen and oxygen atoms in total. The van der Waals surface area contributed by atoms with Gasteiger partial charge in [-0.25, -0.2) is 8.42 Å². The summed E-state index contributed by atoms with van der Waals surface area (Å²) in [4.78, 5) is 13.1. The van der Waals surface area contributed by atoms with Gasteiger partial charge in [0.05, 0.1) is 16.4 Å². The minimum absolute atomic E-state index is 0.0996. The number of rotatable bonds is 2. The fourth-order valence-corrected chi connectivity index (χ4v) is 3.06. The summed E-state index contributed by atoms with van der Waals surface area (Å²) >= 11 is 5.53. The number of sulfone groups is 1. The van der Waals surface area contributed by atoms with E-state index in [0.29, 0.717) is 6.07 Å². The Morgan fingerprint density at radius 3 is 2.38 bits per heavy atom. The van der Waals surface area contributed by atoms with E-state index in [9.17, 15) is 26.4 Å². The summed E-state index contributed by atoms with van der Waals surface area (Å²) in [6.45, 7) is -0.199. The fourth-order valence-electron chi connectivity index (χ4n) is 1.98. The van der Waals surface area contributed by atoms with Crippen LogP contribution in [0.15, 0.2) is 18.2 Å². The molecule has 0 aliphatic carbocycles. The molecule has 2 rings (SSSR count). The van der Waals surface area contributed by atoms with E-state index in [1.807, 2.05) is 0 Å². The first-order valence-electron chi connectivity index (χ1n) is 5.85. The lowest BCUT2D eigenvalue weighted by molar-refractivity contribution is -0.138. The van der Waals surface area contributed by atoms with Gasteiger partial charge in [0.25, 0.3) is 5.91 Å². The van der Waals surface area contributed by atoms with Crippen molar-refractivity contribution in [1.29, 1.82) is 0 Å². The SMILES string of the molecule is CS(=O)(=O)C1CN(C(=O)c2ccc(Cl)cc2C(F)(F)F)C1. The van der Waals surface area contributed by atoms with E-state index < -0.39 is 38.3 Å². The standard InChI is InChI=1S/C12H11ClF3NO3S/c1-21(19,20)8-5-17(6-8)11(18)9-3-2-7(13)4-10(9)12(14,15)16/h2-4,8H,5-6H2,1H3. The molecular formula is C12H11ClF3NO3S. The number of carbonyl (C=O) groups excluding carboxylic acids is 1. The van der Waals surface area contributed by atoms with Crippen molar-refractivity contribution < 1.29 is 26.4 Å². The monoisotopic (exact) mass is 341 g/mol. The molecule has 116 valence electrons. The third-order valence-corrected chi connectivity index (χ3v) is 5.00. The van der Waals surface area contributed by atoms with Gasteiger partial charge < -0.3 is 4.90 Å². The van der Waals surface area contributed by atoms with Crippen LogP contribution in [0.2, 0.25) is 5.02 Å². The van der Waals surface area contributed by atoms with Gasteiger partial charge in [-0.15, -0.1) is 0 Å². The Hall–Kier alpha value is -1.28. The highest BCUT2D eigenvalue weighted by Crippen LogP contribution is 2.35. The van der Waals surface area contributed by atoms with Gasteiger partial charge >= 0.3 is 6.18 Å². The zero-order valence-electron chi connectivity index (χ0n) is 10.8. The van der Waals surface area contributed by atoms with Crippen LogP contribution in [-0.2, 0) is 16.0 Å². The molecule has 1 amide bonds. The van der Waals surface area contributed by atoms with Crippen molar-refractivity contribution in [2.45, 2.75) is 11.4 Å². The lowest BCUT2D eigenvalue weighted by Crippen LogP contribution is -2.56. The van der Waals surface area contributed by atoms with Crippen LogP contribution in [0, 0.1) is 0 Å². The summed E-state index contributed by atoms with van der Waals surface area (Å²) in [5.41, 5.74) is -1.65. The topological polar surface area (TPSA) is 54.5 Å². The maximum atomic E-state index is 12.9. The highest BCUT2D eigenvalue weighted by atomic mass is 35.5. The molecule has 0 saturated carbocycles. The Kier molecular flexibility index (Phi) is 3.96. The van der Waals surface area contributed by atoms with Crippen molar-refractivity contribution >= 4 is 27.3 Å². The quantitative estimate of drug-likeness (QED) is 0.829. The van der Waals surface area contributed by atoms with Crippen LogP contribution < -0.4 is 0 Å². The highest BCUT2D eigenvalue weighted by molar-refractivity contribution is 7.91. The van der Waals surface area contributed by atoms with Crippen LogP contribution in [0.3, 0.4) is 0 Å². The van der Waals surface area contributed by atoms with Crippen LogP contribution in [0.5, 0.6) is 0 Å². The van der Waals surface area contributed by atoms with Crippen molar-refractivity contribution in [2.75, 3.05) is 19.3 Å². The molecule has 1 aliphatic rings. The molecule has 1 fully saturated rings. The van der Waals surface area contributed by atoms with Gasteiger partial charge in [0.15, 0.2) is 9.84 Å². The Labute approximate surface area is 124 Å². The number of halogens is 4. The normalized spacial score (nSPS) is 16.7. The second-order valence-corrected chi connectivity index (χ2v) is 7.61. The predicted octanol–water partition coefficient (Wildman–Crippen LogP) is 2.23. The van der Waals surface area contributed by atoms with Crippen molar-refractivity contribution in [3.8, 4) is 0 Å². The average molecular weight is 342 g/mol. The van der Waals surface area contributed by atoms with Gasteiger partial charge in [-0.2, -0.15) is 13.2 Å². The number of hydrogen-bond donors (Lipinski definition) is 0. The van der Waals surface area contributed by atoms with E-state index >= 15 is 0 Å². The summed E-state index contributed by atoms with van der Waals surface area (Å²) in [7, 11) is -3.30. The summed E-state index contributed by atoms with van der Waals surface area (Å²) < 4.78 is 61.3. The van der Waals surface area contributed by atoms with Crippen LogP contribution in [0.25, 0.3) is 0 Å². The minimum atomic E-state index is -4.71. The Bertz CT molecular complexity index is 681. The van der Waals surface area contributed by atoms with Gasteiger partial charge in [-0.3, -0.25) is 4.79 Å². The van der Waals surface area contributed by atoms with Crippen LogP contribution >= 0.6 is 11.6 Å². The van der Waals surface area contributed by atoms with Crippen LogP contribution in [0.1, 0.15) is 15.9 Å². The minimum Gasteiger partial charge on any atom is -0.336 e. The van der Waals surface area contributed by atoms with Crippen LogP contribution in [0.4, 0.5) is 13.2 Å². The molecular weight excluding hydrogens is 331 g/mol. The van der Waals surface area contributed by atoms with Gasteiger partial charge in [0.1, 0.15) is 0 Å². The Morgan fingerprint density at radius 1 is 1.33 bits per heavy atom. The average Bonchev–Trinajstić information content (AvgIpc) is 2.23. The zero-order chi connectivity index (χ0) is 16.0. The molecule has 0 N–H and O–H groups in total. The molecule has 9 heteroatoms. The predicted molar refractivity (Wildman–Crippen MR) is 71.0 cm³/mol. The highest BCUT2D eigenvalue weighted by Gasteiger charge is 2.41. The first-order chi connectivity index (χ1) is 9.50. The molecule has 1 heterocycles. The van der Waals surface area contributed by atoms with Crippen molar-refractivity contribution in [2.24, 2.45) is 0 Å². The molecule has 1 aromatic carbocycles. The molecule has 0 radical (unpaired) electrons. The smallest absolute Gasteiger partial charge is 0.336 e. The summed E-state index contributed by atoms with van der Waals surface area (Å²) in [6.07, 6.45) is -3.68. The van der Waals surface area contributed by atoms with Gasteiger partial charge in [-0.05, 0) is 18.2 Å². The van der Waals surface area contributed by atoms with Crippen molar-refractivity contribution in [3.05, 3.63) is 34.3 Å². The largest absolute Gasteiger partial charge is 0.417 e. The number of amides is 1. The lowest BCUT2D eigenvalue weighted by atomic mass is 10.0. The van der Waals surface area contributed by atoms with E-state index in [-0.39, 0.29) is 18.1 Å². The number of hydrogen-bond acceptors (Lipinski definition) is 3. The third kappa shape index (κ3) is 3.32. The maximum Gasteiger partial charge on any atom is 0.417 e. The molecule has 21 heavy (non-hydrogen) atoms. The zero-order valence-corrected chi connectivity index (χ0v) is 12.4. The van der Waals surface area contributed by atoms with E-state index in [1.54, 1.807) is 0 Å². The summed E-state index contributed by atoms with van der Waals surface area (Å²) in [5, 5.41) is -0.848. The van der Waals surface area contributed by atoms with Crippen LogP contribution in [-0.4, -0.2) is 43.8 Å². The van der Waals surface area contributed by atoms with Crippen molar-refractivity contribution in [1.82, 2.24) is 4.90 Å². The van der Waals surface area contributed by atoms with Gasteiger partial charge in [0, 0.05) is 24.4 Å². The third-order valence-electron chi connectivity index (χ3n) is 3.26. The Morgan fingerprint density at radius 2 is 1.90 bits per heavy atom. The second kappa shape index (κ2) is 5.17. The van der Waals surface area contributed by atoms with Gasteiger partial charge in [-0.1, -0.05) is 11.6 Å². The molecule has 0 spiro atoms. The second-order valence-electron chi connectivity index (χ2n) is 4.85. The summed E-state index contributed by atoms with van der Waals surface area (Å²) in [6, 6.07) is 2.88. The molecule has 0 bridgehead atoms. The molecule has 1 aliphatic heterocycles. The molecule has 0 aromatic heterocycles. The number of alkyl halides is 3. The number of benzene rings is 1. The molecule has 1 aromatic rings. The van der Waals surface area contributed by atoms with E-state index in [1.165, 1.54) is 6.07 Å². The molecule has 0 unspecified atom stereocenters. The lowest BCUT2D eigenvalue weighted by Gasteiger charge is -2.38. The Balaban J connectivity index is 2.26. The fraction of sp³-hybridized carbons (Fsp3) is 0.417. The van der Waals surface area contributed by atoms with E-state index in [0.717, 1.165) is 17.2 Å². The van der Waals surface area contributed by atoms with Crippen molar-refractivity contribution in [3.63, 3.8) is 0 Å².